The molecule has 1 aliphatic rings. The van der Waals surface area contributed by atoms with Crippen LogP contribution in [0.5, 0.6) is 0 Å². The van der Waals surface area contributed by atoms with Gasteiger partial charge in [0.25, 0.3) is 0 Å². The maximum absolute atomic E-state index is 10.6. The van der Waals surface area contributed by atoms with Gasteiger partial charge in [0.15, 0.2) is 0 Å². The zero-order valence-corrected chi connectivity index (χ0v) is 6.72. The Bertz CT molecular complexity index is 192. The molecule has 60 valence electrons. The Morgan fingerprint density at radius 3 is 1.90 bits per heavy atom. The molecule has 1 rings (SSSR count). The molecule has 0 unspecified atom stereocenters. The Kier molecular flexibility index (Phi) is 1.98. The molecule has 4 nitrogen and oxygen atoms in total. The van der Waals surface area contributed by atoms with E-state index in [1.807, 2.05) is 0 Å². The first-order chi connectivity index (χ1) is 4.49. The Balaban J connectivity index is 2.69. The molecule has 5 heteroatoms. The SMILES string of the molecule is C[C@@H]1C[C@@H](C)OS(=O)(=O)O1. The third-order valence-corrected chi connectivity index (χ3v) is 2.36. The molecule has 0 amide bonds. The lowest BCUT2D eigenvalue weighted by molar-refractivity contribution is 0.0586. The molecule has 1 fully saturated rings. The summed E-state index contributed by atoms with van der Waals surface area (Å²) in [5, 5.41) is 0. The first-order valence-electron chi connectivity index (χ1n) is 3.11. The summed E-state index contributed by atoms with van der Waals surface area (Å²) < 4.78 is 30.2. The van der Waals surface area contributed by atoms with Crippen LogP contribution in [-0.2, 0) is 18.8 Å². The van der Waals surface area contributed by atoms with Gasteiger partial charge >= 0.3 is 10.4 Å². The van der Waals surface area contributed by atoms with Crippen molar-refractivity contribution >= 4 is 10.4 Å². The second-order valence-electron chi connectivity index (χ2n) is 2.46. The second kappa shape index (κ2) is 2.48. The molecule has 0 aromatic carbocycles. The van der Waals surface area contributed by atoms with Crippen LogP contribution in [0.1, 0.15) is 20.3 Å². The van der Waals surface area contributed by atoms with Crippen molar-refractivity contribution < 1.29 is 16.8 Å². The minimum Gasteiger partial charge on any atom is -0.245 e. The van der Waals surface area contributed by atoms with E-state index in [4.69, 9.17) is 0 Å². The van der Waals surface area contributed by atoms with Crippen molar-refractivity contribution in [3.05, 3.63) is 0 Å². The normalized spacial score (nSPS) is 39.4. The molecule has 10 heavy (non-hydrogen) atoms. The first kappa shape index (κ1) is 7.97. The minimum absolute atomic E-state index is 0.256. The van der Waals surface area contributed by atoms with E-state index in [1.54, 1.807) is 13.8 Å². The number of hydrogen-bond donors (Lipinski definition) is 0. The van der Waals surface area contributed by atoms with Gasteiger partial charge in [-0.05, 0) is 13.8 Å². The Morgan fingerprint density at radius 1 is 1.20 bits per heavy atom. The van der Waals surface area contributed by atoms with E-state index in [-0.39, 0.29) is 12.2 Å². The van der Waals surface area contributed by atoms with E-state index in [9.17, 15) is 8.42 Å². The van der Waals surface area contributed by atoms with Crippen LogP contribution in [0.15, 0.2) is 0 Å². The van der Waals surface area contributed by atoms with Crippen molar-refractivity contribution in [1.29, 1.82) is 0 Å². The summed E-state index contributed by atoms with van der Waals surface area (Å²) in [6.45, 7) is 3.41. The lowest BCUT2D eigenvalue weighted by atomic mass is 10.2. The summed E-state index contributed by atoms with van der Waals surface area (Å²) >= 11 is 0. The molecule has 2 atom stereocenters. The van der Waals surface area contributed by atoms with Gasteiger partial charge < -0.3 is 0 Å². The predicted octanol–water partition coefficient (Wildman–Crippen LogP) is 0.445. The van der Waals surface area contributed by atoms with Gasteiger partial charge in [-0.15, -0.1) is 0 Å². The van der Waals surface area contributed by atoms with Crippen molar-refractivity contribution in [1.82, 2.24) is 0 Å². The fourth-order valence-electron chi connectivity index (χ4n) is 0.971. The van der Waals surface area contributed by atoms with E-state index in [0.717, 1.165) is 0 Å². The molecular weight excluding hydrogens is 156 g/mol. The summed E-state index contributed by atoms with van der Waals surface area (Å²) in [6, 6.07) is 0. The lowest BCUT2D eigenvalue weighted by Gasteiger charge is -2.23. The van der Waals surface area contributed by atoms with Gasteiger partial charge in [-0.3, -0.25) is 0 Å². The molecule has 0 aromatic heterocycles. The molecule has 0 saturated carbocycles. The third kappa shape index (κ3) is 1.93. The largest absolute Gasteiger partial charge is 0.400 e. The Morgan fingerprint density at radius 2 is 1.60 bits per heavy atom. The summed E-state index contributed by atoms with van der Waals surface area (Å²) in [6.07, 6.45) is 0.113. The topological polar surface area (TPSA) is 52.6 Å². The van der Waals surface area contributed by atoms with Gasteiger partial charge in [-0.2, -0.15) is 8.42 Å². The van der Waals surface area contributed by atoms with Gasteiger partial charge in [-0.1, -0.05) is 0 Å². The van der Waals surface area contributed by atoms with Crippen molar-refractivity contribution in [2.45, 2.75) is 32.5 Å². The van der Waals surface area contributed by atoms with Crippen LogP contribution in [0.4, 0.5) is 0 Å². The minimum atomic E-state index is -3.68. The highest BCUT2D eigenvalue weighted by Crippen LogP contribution is 2.18. The molecule has 1 heterocycles. The molecule has 1 aliphatic heterocycles. The van der Waals surface area contributed by atoms with Crippen LogP contribution in [0.2, 0.25) is 0 Å². The van der Waals surface area contributed by atoms with Crippen LogP contribution in [0.3, 0.4) is 0 Å². The lowest BCUT2D eigenvalue weighted by Crippen LogP contribution is -2.31. The van der Waals surface area contributed by atoms with E-state index in [0.29, 0.717) is 6.42 Å². The molecule has 0 aliphatic carbocycles. The van der Waals surface area contributed by atoms with Gasteiger partial charge in [0, 0.05) is 6.42 Å². The molecule has 0 radical (unpaired) electrons. The zero-order chi connectivity index (χ0) is 7.78. The Hall–Kier alpha value is -0.130. The first-order valence-corrected chi connectivity index (χ1v) is 4.44. The van der Waals surface area contributed by atoms with Gasteiger partial charge in [0.1, 0.15) is 0 Å². The van der Waals surface area contributed by atoms with Crippen molar-refractivity contribution in [3.8, 4) is 0 Å². The van der Waals surface area contributed by atoms with Gasteiger partial charge in [0.2, 0.25) is 0 Å². The molecule has 0 N–H and O–H groups in total. The maximum atomic E-state index is 10.6. The van der Waals surface area contributed by atoms with Crippen LogP contribution < -0.4 is 0 Å². The molecule has 0 spiro atoms. The van der Waals surface area contributed by atoms with E-state index < -0.39 is 10.4 Å². The van der Waals surface area contributed by atoms with E-state index >= 15 is 0 Å². The van der Waals surface area contributed by atoms with E-state index in [1.165, 1.54) is 0 Å². The standard InChI is InChI=1S/C5H10O4S/c1-4-3-5(2)9-10(6,7)8-4/h4-5H,3H2,1-2H3/t4-,5-/m1/s1. The molecule has 0 bridgehead atoms. The van der Waals surface area contributed by atoms with Crippen molar-refractivity contribution in [2.24, 2.45) is 0 Å². The highest BCUT2D eigenvalue weighted by Gasteiger charge is 2.27. The van der Waals surface area contributed by atoms with Crippen LogP contribution in [0.25, 0.3) is 0 Å². The molecular formula is C5H10O4S. The van der Waals surface area contributed by atoms with Gasteiger partial charge in [-0.25, -0.2) is 8.37 Å². The highest BCUT2D eigenvalue weighted by atomic mass is 32.3. The number of hydrogen-bond acceptors (Lipinski definition) is 4. The maximum Gasteiger partial charge on any atom is 0.400 e. The average molecular weight is 166 g/mol. The predicted molar refractivity (Wildman–Crippen MR) is 34.6 cm³/mol. The summed E-state index contributed by atoms with van der Waals surface area (Å²) in [4.78, 5) is 0. The monoisotopic (exact) mass is 166 g/mol. The molecule has 1 saturated heterocycles. The van der Waals surface area contributed by atoms with Crippen molar-refractivity contribution in [2.75, 3.05) is 0 Å². The van der Waals surface area contributed by atoms with Crippen LogP contribution in [-0.4, -0.2) is 20.6 Å². The Labute approximate surface area is 60.5 Å². The van der Waals surface area contributed by atoms with Crippen LogP contribution >= 0.6 is 0 Å². The third-order valence-electron chi connectivity index (χ3n) is 1.23. The second-order valence-corrected chi connectivity index (χ2v) is 3.66. The number of rotatable bonds is 0. The van der Waals surface area contributed by atoms with E-state index in [2.05, 4.69) is 8.37 Å². The summed E-state index contributed by atoms with van der Waals surface area (Å²) in [7, 11) is -3.68. The fraction of sp³-hybridized carbons (Fsp3) is 1.00. The highest BCUT2D eigenvalue weighted by molar-refractivity contribution is 7.81. The summed E-state index contributed by atoms with van der Waals surface area (Å²) in [5.74, 6) is 0. The van der Waals surface area contributed by atoms with Crippen LogP contribution in [0, 0.1) is 0 Å². The summed E-state index contributed by atoms with van der Waals surface area (Å²) in [5.41, 5.74) is 0. The molecule has 0 aromatic rings. The zero-order valence-electron chi connectivity index (χ0n) is 5.90. The average Bonchev–Trinajstić information content (AvgIpc) is 1.54. The fourth-order valence-corrected chi connectivity index (χ4v) is 1.98. The van der Waals surface area contributed by atoms with Gasteiger partial charge in [0.05, 0.1) is 12.2 Å². The smallest absolute Gasteiger partial charge is 0.245 e. The quantitative estimate of drug-likeness (QED) is 0.524. The van der Waals surface area contributed by atoms with Crippen molar-refractivity contribution in [3.63, 3.8) is 0 Å².